The Morgan fingerprint density at radius 2 is 2.23 bits per heavy atom. The minimum atomic E-state index is 0.384. The molecule has 3 nitrogen and oxygen atoms in total. The summed E-state index contributed by atoms with van der Waals surface area (Å²) in [6, 6.07) is 0.523. The van der Waals surface area contributed by atoms with Crippen LogP contribution in [0, 0.1) is 5.41 Å². The van der Waals surface area contributed by atoms with Crippen LogP contribution >= 0.6 is 0 Å². The van der Waals surface area contributed by atoms with Crippen molar-refractivity contribution < 1.29 is 9.47 Å². The van der Waals surface area contributed by atoms with Crippen molar-refractivity contribution in [1.82, 2.24) is 5.32 Å². The van der Waals surface area contributed by atoms with Crippen molar-refractivity contribution >= 4 is 0 Å². The van der Waals surface area contributed by atoms with Gasteiger partial charge in [-0.05, 0) is 6.42 Å². The molecule has 0 radical (unpaired) electrons. The topological polar surface area (TPSA) is 30.5 Å². The predicted molar refractivity (Wildman–Crippen MR) is 50.8 cm³/mol. The summed E-state index contributed by atoms with van der Waals surface area (Å²) in [5.41, 5.74) is 0.384. The van der Waals surface area contributed by atoms with Gasteiger partial charge in [-0.25, -0.2) is 0 Å². The lowest BCUT2D eigenvalue weighted by atomic mass is 9.74. The minimum Gasteiger partial charge on any atom is -0.380 e. The molecule has 1 atom stereocenters. The van der Waals surface area contributed by atoms with Crippen LogP contribution in [0.1, 0.15) is 19.8 Å². The number of rotatable bonds is 3. The van der Waals surface area contributed by atoms with Gasteiger partial charge in [0.25, 0.3) is 0 Å². The molecule has 2 saturated heterocycles. The third kappa shape index (κ3) is 1.73. The highest BCUT2D eigenvalue weighted by atomic mass is 16.5. The van der Waals surface area contributed by atoms with E-state index < -0.39 is 0 Å². The highest BCUT2D eigenvalue weighted by molar-refractivity contribution is 4.96. The van der Waals surface area contributed by atoms with Gasteiger partial charge >= 0.3 is 0 Å². The van der Waals surface area contributed by atoms with Crippen LogP contribution in [0.15, 0.2) is 0 Å². The van der Waals surface area contributed by atoms with Gasteiger partial charge in [-0.3, -0.25) is 0 Å². The first-order chi connectivity index (χ1) is 6.37. The SMILES string of the molecule is CCCC1(C2COCCN2)COC1. The molecule has 0 aliphatic carbocycles. The highest BCUT2D eigenvalue weighted by Crippen LogP contribution is 2.37. The van der Waals surface area contributed by atoms with Crippen LogP contribution in [0.3, 0.4) is 0 Å². The van der Waals surface area contributed by atoms with Crippen molar-refractivity contribution in [3.63, 3.8) is 0 Å². The van der Waals surface area contributed by atoms with Gasteiger partial charge in [0.1, 0.15) is 0 Å². The molecular formula is C10H19NO2. The Bertz CT molecular complexity index is 162. The maximum atomic E-state index is 5.49. The summed E-state index contributed by atoms with van der Waals surface area (Å²) in [5, 5.41) is 3.54. The van der Waals surface area contributed by atoms with E-state index in [1.165, 1.54) is 12.8 Å². The fourth-order valence-corrected chi connectivity index (χ4v) is 2.34. The number of nitrogens with one attached hydrogen (secondary N) is 1. The lowest BCUT2D eigenvalue weighted by molar-refractivity contribution is -0.154. The van der Waals surface area contributed by atoms with Crippen molar-refractivity contribution in [3.05, 3.63) is 0 Å². The van der Waals surface area contributed by atoms with Gasteiger partial charge in [-0.2, -0.15) is 0 Å². The summed E-state index contributed by atoms with van der Waals surface area (Å²) < 4.78 is 10.8. The molecule has 13 heavy (non-hydrogen) atoms. The van der Waals surface area contributed by atoms with Crippen LogP contribution in [-0.4, -0.2) is 39.0 Å². The van der Waals surface area contributed by atoms with E-state index in [4.69, 9.17) is 9.47 Å². The summed E-state index contributed by atoms with van der Waals surface area (Å²) >= 11 is 0. The van der Waals surface area contributed by atoms with Crippen molar-refractivity contribution in [1.29, 1.82) is 0 Å². The summed E-state index contributed by atoms with van der Waals surface area (Å²) in [7, 11) is 0. The van der Waals surface area contributed by atoms with E-state index in [2.05, 4.69) is 12.2 Å². The van der Waals surface area contributed by atoms with E-state index in [1.807, 2.05) is 0 Å². The molecule has 0 bridgehead atoms. The molecule has 3 heteroatoms. The molecule has 0 saturated carbocycles. The van der Waals surface area contributed by atoms with E-state index in [0.717, 1.165) is 33.0 Å². The van der Waals surface area contributed by atoms with E-state index in [9.17, 15) is 0 Å². The molecular weight excluding hydrogens is 166 g/mol. The molecule has 1 unspecified atom stereocenters. The number of morpholine rings is 1. The Balaban J connectivity index is 1.93. The zero-order chi connectivity index (χ0) is 9.15. The number of hydrogen-bond donors (Lipinski definition) is 1. The number of hydrogen-bond acceptors (Lipinski definition) is 3. The zero-order valence-corrected chi connectivity index (χ0v) is 8.34. The van der Waals surface area contributed by atoms with Gasteiger partial charge in [0.05, 0.1) is 26.4 Å². The zero-order valence-electron chi connectivity index (χ0n) is 8.34. The van der Waals surface area contributed by atoms with Crippen LogP contribution in [0.2, 0.25) is 0 Å². The smallest absolute Gasteiger partial charge is 0.0627 e. The lowest BCUT2D eigenvalue weighted by Crippen LogP contribution is -2.60. The number of ether oxygens (including phenoxy) is 2. The minimum absolute atomic E-state index is 0.384. The van der Waals surface area contributed by atoms with Crippen molar-refractivity contribution in [2.24, 2.45) is 5.41 Å². The Morgan fingerprint density at radius 1 is 1.38 bits per heavy atom. The molecule has 2 rings (SSSR count). The first-order valence-electron chi connectivity index (χ1n) is 5.26. The fraction of sp³-hybridized carbons (Fsp3) is 1.00. The molecule has 2 aliphatic heterocycles. The Labute approximate surface area is 79.8 Å². The average molecular weight is 185 g/mol. The third-order valence-corrected chi connectivity index (χ3v) is 3.19. The largest absolute Gasteiger partial charge is 0.380 e. The summed E-state index contributed by atoms with van der Waals surface area (Å²) in [6.45, 7) is 6.80. The van der Waals surface area contributed by atoms with Gasteiger partial charge in [0.15, 0.2) is 0 Å². The van der Waals surface area contributed by atoms with E-state index in [-0.39, 0.29) is 0 Å². The molecule has 0 amide bonds. The second-order valence-electron chi connectivity index (χ2n) is 4.19. The van der Waals surface area contributed by atoms with E-state index in [1.54, 1.807) is 0 Å². The predicted octanol–water partition coefficient (Wildman–Crippen LogP) is 0.791. The standard InChI is InChI=1S/C10H19NO2/c1-2-3-10(7-13-8-10)9-6-12-5-4-11-9/h9,11H,2-8H2,1H3. The first kappa shape index (κ1) is 9.44. The van der Waals surface area contributed by atoms with Crippen LogP contribution in [0.5, 0.6) is 0 Å². The first-order valence-corrected chi connectivity index (χ1v) is 5.26. The molecule has 2 heterocycles. The third-order valence-electron chi connectivity index (χ3n) is 3.19. The van der Waals surface area contributed by atoms with Gasteiger partial charge in [-0.1, -0.05) is 13.3 Å². The van der Waals surface area contributed by atoms with Crippen molar-refractivity contribution in [3.8, 4) is 0 Å². The van der Waals surface area contributed by atoms with Crippen LogP contribution < -0.4 is 5.32 Å². The van der Waals surface area contributed by atoms with Crippen LogP contribution in [-0.2, 0) is 9.47 Å². The molecule has 0 spiro atoms. The quantitative estimate of drug-likeness (QED) is 0.705. The highest BCUT2D eigenvalue weighted by Gasteiger charge is 2.45. The second-order valence-corrected chi connectivity index (χ2v) is 4.19. The van der Waals surface area contributed by atoms with Gasteiger partial charge in [0.2, 0.25) is 0 Å². The summed E-state index contributed by atoms with van der Waals surface area (Å²) in [5.74, 6) is 0. The summed E-state index contributed by atoms with van der Waals surface area (Å²) in [6.07, 6.45) is 2.50. The van der Waals surface area contributed by atoms with Crippen LogP contribution in [0.25, 0.3) is 0 Å². The Hall–Kier alpha value is -0.120. The van der Waals surface area contributed by atoms with Crippen LogP contribution in [0.4, 0.5) is 0 Å². The molecule has 0 aromatic rings. The molecule has 1 N–H and O–H groups in total. The van der Waals surface area contributed by atoms with Gasteiger partial charge in [0, 0.05) is 18.0 Å². The fourth-order valence-electron chi connectivity index (χ4n) is 2.34. The Morgan fingerprint density at radius 3 is 2.69 bits per heavy atom. The maximum absolute atomic E-state index is 5.49. The molecule has 2 aliphatic rings. The maximum Gasteiger partial charge on any atom is 0.0627 e. The van der Waals surface area contributed by atoms with Gasteiger partial charge in [-0.15, -0.1) is 0 Å². The Kier molecular flexibility index (Phi) is 2.86. The lowest BCUT2D eigenvalue weighted by Gasteiger charge is -2.48. The normalized spacial score (nSPS) is 32.5. The molecule has 0 aromatic heterocycles. The van der Waals surface area contributed by atoms with Crippen molar-refractivity contribution in [2.75, 3.05) is 33.0 Å². The monoisotopic (exact) mass is 185 g/mol. The average Bonchev–Trinajstić information content (AvgIpc) is 2.13. The van der Waals surface area contributed by atoms with Gasteiger partial charge < -0.3 is 14.8 Å². The van der Waals surface area contributed by atoms with E-state index >= 15 is 0 Å². The van der Waals surface area contributed by atoms with Crippen molar-refractivity contribution in [2.45, 2.75) is 25.8 Å². The van der Waals surface area contributed by atoms with E-state index in [0.29, 0.717) is 11.5 Å². The second kappa shape index (κ2) is 3.95. The molecule has 0 aromatic carbocycles. The molecule has 2 fully saturated rings. The molecule has 76 valence electrons. The summed E-state index contributed by atoms with van der Waals surface area (Å²) in [4.78, 5) is 0.